The zero-order valence-corrected chi connectivity index (χ0v) is 14.1. The highest BCUT2D eigenvalue weighted by Gasteiger charge is 2.58. The summed E-state index contributed by atoms with van der Waals surface area (Å²) in [5.74, 6) is -1.79. The van der Waals surface area contributed by atoms with Gasteiger partial charge in [0.05, 0.1) is 11.0 Å². The van der Waals surface area contributed by atoms with E-state index in [0.717, 1.165) is 12.2 Å². The van der Waals surface area contributed by atoms with E-state index in [1.165, 1.54) is 19.2 Å². The van der Waals surface area contributed by atoms with Gasteiger partial charge in [-0.1, -0.05) is 0 Å². The van der Waals surface area contributed by atoms with Crippen LogP contribution in [0.25, 0.3) is 0 Å². The van der Waals surface area contributed by atoms with Gasteiger partial charge in [0.25, 0.3) is 5.69 Å². The van der Waals surface area contributed by atoms with E-state index in [0.29, 0.717) is 18.7 Å². The molecule has 2 atom stereocenters. The topological polar surface area (TPSA) is 116 Å². The lowest BCUT2D eigenvalue weighted by Crippen LogP contribution is -2.68. The minimum Gasteiger partial charge on any atom is -0.480 e. The van der Waals surface area contributed by atoms with Crippen LogP contribution in [0.4, 0.5) is 11.4 Å². The number of non-ortho nitro benzene ring substituents is 1. The number of carboxylic acid groups (broad SMARTS) is 1. The predicted octanol–water partition coefficient (Wildman–Crippen LogP) is 0.0883. The Labute approximate surface area is 144 Å². The number of nitrogens with zero attached hydrogens (tertiary/aromatic N) is 3. The molecule has 1 saturated heterocycles. The van der Waals surface area contributed by atoms with Crippen molar-refractivity contribution in [1.82, 2.24) is 10.2 Å². The summed E-state index contributed by atoms with van der Waals surface area (Å²) < 4.78 is 0. The van der Waals surface area contributed by atoms with Gasteiger partial charge in [-0.15, -0.1) is 0 Å². The van der Waals surface area contributed by atoms with Gasteiger partial charge in [-0.05, 0) is 18.7 Å². The van der Waals surface area contributed by atoms with E-state index < -0.39 is 28.3 Å². The predicted molar refractivity (Wildman–Crippen MR) is 89.6 cm³/mol. The number of carboxylic acids is 1. The lowest BCUT2D eigenvalue weighted by molar-refractivity contribution is -0.384. The second kappa shape index (κ2) is 5.99. The van der Waals surface area contributed by atoms with Crippen LogP contribution in [0.2, 0.25) is 0 Å². The first-order valence-corrected chi connectivity index (χ1v) is 7.99. The quantitative estimate of drug-likeness (QED) is 0.452. The molecule has 9 heteroatoms. The molecule has 0 aliphatic carbocycles. The molecule has 2 heterocycles. The lowest BCUT2D eigenvalue weighted by Gasteiger charge is -2.52. The van der Waals surface area contributed by atoms with Crippen LogP contribution in [0, 0.1) is 15.5 Å². The maximum absolute atomic E-state index is 12.6. The van der Waals surface area contributed by atoms with Gasteiger partial charge in [0.15, 0.2) is 5.41 Å². The molecule has 0 radical (unpaired) electrons. The minimum atomic E-state index is -1.69. The fourth-order valence-corrected chi connectivity index (χ4v) is 3.92. The van der Waals surface area contributed by atoms with Gasteiger partial charge in [0.1, 0.15) is 0 Å². The Morgan fingerprint density at radius 3 is 2.72 bits per heavy atom. The average molecular weight is 348 g/mol. The van der Waals surface area contributed by atoms with Crippen molar-refractivity contribution in [3.8, 4) is 0 Å². The Morgan fingerprint density at radius 2 is 2.12 bits per heavy atom. The molecular formula is C16H20N4O5. The molecule has 2 aliphatic rings. The van der Waals surface area contributed by atoms with E-state index in [1.54, 1.807) is 6.07 Å². The Hall–Kier alpha value is -2.68. The van der Waals surface area contributed by atoms with E-state index in [2.05, 4.69) is 5.32 Å². The summed E-state index contributed by atoms with van der Waals surface area (Å²) in [6, 6.07) is 3.91. The van der Waals surface area contributed by atoms with Crippen LogP contribution in [-0.4, -0.2) is 66.6 Å². The third-order valence-corrected chi connectivity index (χ3v) is 5.22. The number of carbonyl (C=O) groups excluding carboxylic acids is 1. The summed E-state index contributed by atoms with van der Waals surface area (Å²) in [6.07, 6.45) is -0.0754. The van der Waals surface area contributed by atoms with E-state index in [-0.39, 0.29) is 12.1 Å². The number of benzene rings is 1. The molecule has 134 valence electrons. The van der Waals surface area contributed by atoms with Crippen molar-refractivity contribution < 1.29 is 19.6 Å². The standard InChI is InChI=1S/C16H20N4O5/c1-17-14(21)16(15(22)23)8-10-7-11(20(24)25)3-4-12(10)19-6-5-18(2)9-13(16)19/h3-4,7,13H,5-6,8-9H2,1-2H3,(H,17,21)(H,22,23). The zero-order valence-electron chi connectivity index (χ0n) is 14.1. The molecule has 1 amide bonds. The maximum atomic E-state index is 12.6. The first kappa shape index (κ1) is 17.2. The number of hydrogen-bond acceptors (Lipinski definition) is 6. The van der Waals surface area contributed by atoms with Crippen LogP contribution < -0.4 is 10.2 Å². The Balaban J connectivity index is 2.19. The summed E-state index contributed by atoms with van der Waals surface area (Å²) in [5, 5.41) is 23.5. The van der Waals surface area contributed by atoms with Crippen molar-refractivity contribution in [1.29, 1.82) is 0 Å². The molecule has 2 aliphatic heterocycles. The maximum Gasteiger partial charge on any atom is 0.321 e. The van der Waals surface area contributed by atoms with Crippen molar-refractivity contribution >= 4 is 23.3 Å². The molecule has 1 aromatic rings. The molecule has 9 nitrogen and oxygen atoms in total. The number of nitro benzene ring substituents is 1. The fourth-order valence-electron chi connectivity index (χ4n) is 3.92. The van der Waals surface area contributed by atoms with E-state index in [1.807, 2.05) is 16.8 Å². The number of hydrogen-bond donors (Lipinski definition) is 2. The number of rotatable bonds is 3. The highest BCUT2D eigenvalue weighted by atomic mass is 16.6. The molecule has 0 aromatic heterocycles. The summed E-state index contributed by atoms with van der Waals surface area (Å²) in [7, 11) is 3.30. The molecule has 3 rings (SSSR count). The second-order valence-electron chi connectivity index (χ2n) is 6.57. The number of fused-ring (bicyclic) bond motifs is 3. The number of piperazine rings is 1. The van der Waals surface area contributed by atoms with Crippen LogP contribution in [0.15, 0.2) is 18.2 Å². The number of nitro groups is 1. The SMILES string of the molecule is CNC(=O)C1(C(=O)O)Cc2cc([N+](=O)[O-])ccc2N2CCN(C)CC21. The lowest BCUT2D eigenvalue weighted by atomic mass is 9.69. The van der Waals surface area contributed by atoms with Crippen LogP contribution in [0.5, 0.6) is 0 Å². The first-order chi connectivity index (χ1) is 11.8. The van der Waals surface area contributed by atoms with Crippen LogP contribution >= 0.6 is 0 Å². The smallest absolute Gasteiger partial charge is 0.321 e. The summed E-state index contributed by atoms with van der Waals surface area (Å²) in [4.78, 5) is 39.4. The van der Waals surface area contributed by atoms with Gasteiger partial charge in [-0.25, -0.2) is 0 Å². The van der Waals surface area contributed by atoms with Crippen LogP contribution in [0.1, 0.15) is 5.56 Å². The van der Waals surface area contributed by atoms with Gasteiger partial charge < -0.3 is 20.2 Å². The highest BCUT2D eigenvalue weighted by Crippen LogP contribution is 2.44. The van der Waals surface area contributed by atoms with E-state index in [4.69, 9.17) is 0 Å². The first-order valence-electron chi connectivity index (χ1n) is 7.99. The summed E-state index contributed by atoms with van der Waals surface area (Å²) >= 11 is 0. The molecule has 2 N–H and O–H groups in total. The molecule has 25 heavy (non-hydrogen) atoms. The average Bonchev–Trinajstić information content (AvgIpc) is 2.59. The molecule has 1 aromatic carbocycles. The second-order valence-corrected chi connectivity index (χ2v) is 6.57. The Bertz CT molecular complexity index is 752. The van der Waals surface area contributed by atoms with Gasteiger partial charge >= 0.3 is 5.97 Å². The number of nitrogens with one attached hydrogen (secondary N) is 1. The third kappa shape index (κ3) is 2.51. The largest absolute Gasteiger partial charge is 0.480 e. The van der Waals surface area contributed by atoms with E-state index in [9.17, 15) is 24.8 Å². The van der Waals surface area contributed by atoms with Crippen molar-refractivity contribution in [2.24, 2.45) is 5.41 Å². The van der Waals surface area contributed by atoms with Crippen LogP contribution in [0.3, 0.4) is 0 Å². The number of likely N-dealkylation sites (N-methyl/N-ethyl adjacent to an activating group) is 1. The van der Waals surface area contributed by atoms with Gasteiger partial charge in [-0.2, -0.15) is 0 Å². The fraction of sp³-hybridized carbons (Fsp3) is 0.500. The zero-order chi connectivity index (χ0) is 18.4. The molecule has 0 bridgehead atoms. The van der Waals surface area contributed by atoms with Gasteiger partial charge in [0.2, 0.25) is 5.91 Å². The van der Waals surface area contributed by atoms with Gasteiger partial charge in [0, 0.05) is 50.9 Å². The number of carbonyl (C=O) groups is 2. The van der Waals surface area contributed by atoms with Crippen LogP contribution in [-0.2, 0) is 16.0 Å². The monoisotopic (exact) mass is 348 g/mol. The molecule has 1 fully saturated rings. The van der Waals surface area contributed by atoms with Gasteiger partial charge in [-0.3, -0.25) is 19.7 Å². The minimum absolute atomic E-state index is 0.0754. The van der Waals surface area contributed by atoms with Crippen molar-refractivity contribution in [2.75, 3.05) is 38.6 Å². The normalized spacial score (nSPS) is 25.7. The summed E-state index contributed by atoms with van der Waals surface area (Å²) in [5.41, 5.74) is -0.515. The van der Waals surface area contributed by atoms with Crippen molar-refractivity contribution in [3.63, 3.8) is 0 Å². The molecule has 0 saturated carbocycles. The van der Waals surface area contributed by atoms with Crippen molar-refractivity contribution in [2.45, 2.75) is 12.5 Å². The summed E-state index contributed by atoms with van der Waals surface area (Å²) in [6.45, 7) is 1.70. The number of amides is 1. The molecule has 0 spiro atoms. The molecule has 2 unspecified atom stereocenters. The Morgan fingerprint density at radius 1 is 1.40 bits per heavy atom. The van der Waals surface area contributed by atoms with E-state index >= 15 is 0 Å². The highest BCUT2D eigenvalue weighted by molar-refractivity contribution is 6.04. The number of aliphatic carboxylic acids is 1. The van der Waals surface area contributed by atoms with Crippen molar-refractivity contribution in [3.05, 3.63) is 33.9 Å². The third-order valence-electron chi connectivity index (χ3n) is 5.22. The molecular weight excluding hydrogens is 328 g/mol. The Kier molecular flexibility index (Phi) is 4.11. The number of anilines is 1.